The summed E-state index contributed by atoms with van der Waals surface area (Å²) in [4.78, 5) is 2.21. The standard InChI is InChI=1S/C24H30NO2P/c1-25(2)17-21-12-7-8-14-22(21)28-23-15-9-13-20(24(23)27-18-26-3)16-19-10-5-4-6-11-19/h4-10,12-15,19,28H,11,16-18H2,1-3H3. The molecule has 2 unspecified atom stereocenters. The van der Waals surface area contributed by atoms with Crippen molar-refractivity contribution in [2.45, 2.75) is 19.4 Å². The predicted molar refractivity (Wildman–Crippen MR) is 120 cm³/mol. The summed E-state index contributed by atoms with van der Waals surface area (Å²) in [6, 6.07) is 15.2. The van der Waals surface area contributed by atoms with E-state index in [2.05, 4.69) is 85.8 Å². The van der Waals surface area contributed by atoms with Gasteiger partial charge in [-0.2, -0.15) is 0 Å². The zero-order valence-corrected chi connectivity index (χ0v) is 18.0. The molecular formula is C24H30NO2P. The van der Waals surface area contributed by atoms with Crippen molar-refractivity contribution in [2.24, 2.45) is 5.92 Å². The van der Waals surface area contributed by atoms with Crippen LogP contribution in [0.4, 0.5) is 0 Å². The summed E-state index contributed by atoms with van der Waals surface area (Å²) in [5.41, 5.74) is 2.63. The zero-order chi connectivity index (χ0) is 19.8. The van der Waals surface area contributed by atoms with Gasteiger partial charge in [0.15, 0.2) is 6.79 Å². The average Bonchev–Trinajstić information content (AvgIpc) is 2.69. The van der Waals surface area contributed by atoms with Crippen LogP contribution in [0.5, 0.6) is 5.75 Å². The number of benzene rings is 2. The number of allylic oxidation sites excluding steroid dienone is 4. The summed E-state index contributed by atoms with van der Waals surface area (Å²) < 4.78 is 11.3. The summed E-state index contributed by atoms with van der Waals surface area (Å²) in [5, 5.41) is 2.62. The molecule has 0 aliphatic heterocycles. The third-order valence-corrected chi connectivity index (χ3v) is 6.16. The number of ether oxygens (including phenoxy) is 2. The average molecular weight is 395 g/mol. The summed E-state index contributed by atoms with van der Waals surface area (Å²) >= 11 is 0. The highest BCUT2D eigenvalue weighted by atomic mass is 31.1. The Morgan fingerprint density at radius 3 is 2.54 bits per heavy atom. The van der Waals surface area contributed by atoms with E-state index in [1.165, 1.54) is 21.7 Å². The second kappa shape index (κ2) is 10.6. The monoisotopic (exact) mass is 395 g/mol. The summed E-state index contributed by atoms with van der Waals surface area (Å²) in [7, 11) is 6.45. The lowest BCUT2D eigenvalue weighted by atomic mass is 9.93. The molecule has 2 aromatic carbocycles. The summed E-state index contributed by atoms with van der Waals surface area (Å²) in [6.45, 7) is 1.21. The van der Waals surface area contributed by atoms with Crippen LogP contribution in [0.25, 0.3) is 0 Å². The Bertz CT molecular complexity index is 829. The number of para-hydroxylation sites is 1. The van der Waals surface area contributed by atoms with Crippen LogP contribution in [0.1, 0.15) is 17.5 Å². The molecule has 28 heavy (non-hydrogen) atoms. The molecule has 2 aromatic rings. The molecule has 0 saturated heterocycles. The van der Waals surface area contributed by atoms with Gasteiger partial charge in [-0.3, -0.25) is 0 Å². The highest BCUT2D eigenvalue weighted by Gasteiger charge is 2.16. The Hall–Kier alpha value is -1.93. The Labute approximate surface area is 170 Å². The lowest BCUT2D eigenvalue weighted by molar-refractivity contribution is 0.0511. The topological polar surface area (TPSA) is 21.7 Å². The van der Waals surface area contributed by atoms with Crippen LogP contribution in [-0.4, -0.2) is 32.9 Å². The molecule has 0 heterocycles. The molecular weight excluding hydrogens is 365 g/mol. The molecule has 1 aliphatic carbocycles. The highest BCUT2D eigenvalue weighted by molar-refractivity contribution is 7.55. The lowest BCUT2D eigenvalue weighted by Crippen LogP contribution is -2.19. The molecule has 0 saturated carbocycles. The summed E-state index contributed by atoms with van der Waals surface area (Å²) in [5.74, 6) is 1.51. The lowest BCUT2D eigenvalue weighted by Gasteiger charge is -2.20. The van der Waals surface area contributed by atoms with E-state index in [0.717, 1.165) is 25.1 Å². The Morgan fingerprint density at radius 2 is 1.79 bits per heavy atom. The SMILES string of the molecule is COCOc1c(CC2C=CC=CC2)cccc1Pc1ccccc1CN(C)C. The van der Waals surface area contributed by atoms with Crippen molar-refractivity contribution in [3.63, 3.8) is 0 Å². The maximum Gasteiger partial charge on any atom is 0.188 e. The van der Waals surface area contributed by atoms with Crippen molar-refractivity contribution < 1.29 is 9.47 Å². The third-order valence-electron chi connectivity index (χ3n) is 4.74. The number of methoxy groups -OCH3 is 1. The van der Waals surface area contributed by atoms with E-state index in [-0.39, 0.29) is 6.79 Å². The molecule has 0 fully saturated rings. The predicted octanol–water partition coefficient (Wildman–Crippen LogP) is 4.04. The van der Waals surface area contributed by atoms with Crippen LogP contribution in [0, 0.1) is 5.92 Å². The highest BCUT2D eigenvalue weighted by Crippen LogP contribution is 2.28. The Morgan fingerprint density at radius 1 is 1.00 bits per heavy atom. The number of hydrogen-bond acceptors (Lipinski definition) is 3. The second-order valence-electron chi connectivity index (χ2n) is 7.38. The molecule has 0 bridgehead atoms. The van der Waals surface area contributed by atoms with Crippen molar-refractivity contribution in [1.29, 1.82) is 0 Å². The Balaban J connectivity index is 1.88. The maximum atomic E-state index is 6.08. The molecule has 3 rings (SSSR count). The van der Waals surface area contributed by atoms with Crippen LogP contribution in [0.3, 0.4) is 0 Å². The van der Waals surface area contributed by atoms with E-state index in [4.69, 9.17) is 9.47 Å². The molecule has 0 radical (unpaired) electrons. The molecule has 3 nitrogen and oxygen atoms in total. The van der Waals surface area contributed by atoms with Crippen LogP contribution in [-0.2, 0) is 17.7 Å². The van der Waals surface area contributed by atoms with Gasteiger partial charge in [0.2, 0.25) is 0 Å². The fourth-order valence-electron chi connectivity index (χ4n) is 3.46. The van der Waals surface area contributed by atoms with Gasteiger partial charge < -0.3 is 14.4 Å². The van der Waals surface area contributed by atoms with Crippen molar-refractivity contribution in [3.05, 3.63) is 77.9 Å². The van der Waals surface area contributed by atoms with Crippen molar-refractivity contribution in [3.8, 4) is 5.75 Å². The zero-order valence-electron chi connectivity index (χ0n) is 17.0. The fraction of sp³-hybridized carbons (Fsp3) is 0.333. The van der Waals surface area contributed by atoms with Crippen LogP contribution in [0.15, 0.2) is 66.8 Å². The number of rotatable bonds is 9. The molecule has 0 spiro atoms. The molecule has 1 aliphatic rings. The number of nitrogens with zero attached hydrogens (tertiary/aromatic N) is 1. The van der Waals surface area contributed by atoms with E-state index in [1.54, 1.807) is 7.11 Å². The fourth-order valence-corrected chi connectivity index (χ4v) is 4.78. The quantitative estimate of drug-likeness (QED) is 0.473. The summed E-state index contributed by atoms with van der Waals surface area (Å²) in [6.07, 6.45) is 10.9. The van der Waals surface area contributed by atoms with Crippen LogP contribution in [0.2, 0.25) is 0 Å². The first kappa shape index (κ1) is 20.8. The van der Waals surface area contributed by atoms with E-state index in [1.807, 2.05) is 0 Å². The molecule has 0 amide bonds. The molecule has 2 atom stereocenters. The number of hydrogen-bond donors (Lipinski definition) is 0. The minimum Gasteiger partial charge on any atom is -0.467 e. The van der Waals surface area contributed by atoms with Crippen LogP contribution < -0.4 is 15.3 Å². The van der Waals surface area contributed by atoms with E-state index < -0.39 is 0 Å². The van der Waals surface area contributed by atoms with Gasteiger partial charge in [0, 0.05) is 19.0 Å². The molecule has 0 N–H and O–H groups in total. The van der Waals surface area contributed by atoms with E-state index in [9.17, 15) is 0 Å². The van der Waals surface area contributed by atoms with Gasteiger partial charge in [0.05, 0.1) is 0 Å². The Kier molecular flexibility index (Phi) is 7.85. The smallest absolute Gasteiger partial charge is 0.188 e. The third kappa shape index (κ3) is 5.78. The largest absolute Gasteiger partial charge is 0.467 e. The van der Waals surface area contributed by atoms with Gasteiger partial charge >= 0.3 is 0 Å². The van der Waals surface area contributed by atoms with Crippen LogP contribution >= 0.6 is 8.58 Å². The van der Waals surface area contributed by atoms with Gasteiger partial charge in [0.25, 0.3) is 0 Å². The van der Waals surface area contributed by atoms with Gasteiger partial charge in [-0.15, -0.1) is 0 Å². The van der Waals surface area contributed by atoms with E-state index in [0.29, 0.717) is 14.5 Å². The molecule has 4 heteroatoms. The van der Waals surface area contributed by atoms with Crippen molar-refractivity contribution >= 4 is 19.2 Å². The van der Waals surface area contributed by atoms with Crippen molar-refractivity contribution in [2.75, 3.05) is 28.0 Å². The normalized spacial score (nSPS) is 16.4. The van der Waals surface area contributed by atoms with Gasteiger partial charge in [0.1, 0.15) is 5.75 Å². The van der Waals surface area contributed by atoms with E-state index >= 15 is 0 Å². The molecule has 148 valence electrons. The second-order valence-corrected chi connectivity index (χ2v) is 8.70. The first-order valence-electron chi connectivity index (χ1n) is 9.74. The minimum atomic E-state index is 0.272. The van der Waals surface area contributed by atoms with Gasteiger partial charge in [-0.25, -0.2) is 0 Å². The first-order chi connectivity index (χ1) is 13.7. The minimum absolute atomic E-state index is 0.272. The maximum absolute atomic E-state index is 6.08. The van der Waals surface area contributed by atoms with Gasteiger partial charge in [-0.05, 0) is 49.3 Å². The van der Waals surface area contributed by atoms with Gasteiger partial charge in [-0.1, -0.05) is 75.3 Å². The molecule has 0 aromatic heterocycles. The first-order valence-corrected chi connectivity index (χ1v) is 10.7. The van der Waals surface area contributed by atoms with Crippen molar-refractivity contribution in [1.82, 2.24) is 4.90 Å².